The third kappa shape index (κ3) is 1.96. The highest BCUT2D eigenvalue weighted by atomic mass is 79.9. The van der Waals surface area contributed by atoms with E-state index >= 15 is 0 Å². The maximum absolute atomic E-state index is 13.1. The van der Waals surface area contributed by atoms with Crippen molar-refractivity contribution < 1.29 is 4.39 Å². The summed E-state index contributed by atoms with van der Waals surface area (Å²) in [5.41, 5.74) is 0.362. The van der Waals surface area contributed by atoms with Gasteiger partial charge in [-0.2, -0.15) is 5.26 Å². The van der Waals surface area contributed by atoms with Crippen molar-refractivity contribution in [1.82, 2.24) is 0 Å². The van der Waals surface area contributed by atoms with E-state index in [0.717, 1.165) is 0 Å². The van der Waals surface area contributed by atoms with Crippen LogP contribution < -0.4 is 0 Å². The molecule has 62 valence electrons. The predicted octanol–water partition coefficient (Wildman–Crippen LogP) is 3.27. The van der Waals surface area contributed by atoms with E-state index in [4.69, 9.17) is 16.9 Å². The molecule has 1 unspecified atom stereocenters. The number of nitrogens with zero attached hydrogens (tertiary/aromatic N) is 1. The van der Waals surface area contributed by atoms with Crippen molar-refractivity contribution >= 4 is 27.5 Å². The van der Waals surface area contributed by atoms with Gasteiger partial charge in [0, 0.05) is 5.56 Å². The fraction of sp³-hybridized carbons (Fsp3) is 0.125. The van der Waals surface area contributed by atoms with Gasteiger partial charge in [0.25, 0.3) is 4.04 Å². The van der Waals surface area contributed by atoms with Crippen LogP contribution in [0.1, 0.15) is 11.1 Å². The fourth-order valence-electron chi connectivity index (χ4n) is 0.828. The number of alkyl halides is 3. The molecule has 0 bridgehead atoms. The summed E-state index contributed by atoms with van der Waals surface area (Å²) < 4.78 is 10.9. The van der Waals surface area contributed by atoms with Crippen LogP contribution in [0.3, 0.4) is 0 Å². The minimum absolute atomic E-state index is 0.133. The van der Waals surface area contributed by atoms with Gasteiger partial charge in [0.2, 0.25) is 0 Å². The van der Waals surface area contributed by atoms with Gasteiger partial charge in [-0.3, -0.25) is 0 Å². The molecule has 1 atom stereocenters. The summed E-state index contributed by atoms with van der Waals surface area (Å²) in [7, 11) is 0. The highest BCUT2D eigenvalue weighted by Gasteiger charge is 2.27. The molecule has 1 aromatic rings. The van der Waals surface area contributed by atoms with Crippen molar-refractivity contribution in [2.45, 2.75) is 4.04 Å². The predicted molar refractivity (Wildman–Crippen MR) is 48.7 cm³/mol. The number of hydrogen-bond donors (Lipinski definition) is 0. The van der Waals surface area contributed by atoms with Crippen LogP contribution in [0.5, 0.6) is 0 Å². The molecule has 0 aliphatic carbocycles. The van der Waals surface area contributed by atoms with E-state index in [1.165, 1.54) is 12.1 Å². The fourth-order valence-corrected chi connectivity index (χ4v) is 1.34. The average molecular weight is 248 g/mol. The summed E-state index contributed by atoms with van der Waals surface area (Å²) >= 11 is 7.97. The molecule has 0 radical (unpaired) electrons. The Morgan fingerprint density at radius 2 is 2.08 bits per heavy atom. The van der Waals surface area contributed by atoms with Crippen molar-refractivity contribution in [2.24, 2.45) is 0 Å². The maximum atomic E-state index is 13.1. The lowest BCUT2D eigenvalue weighted by Crippen LogP contribution is -2.03. The first-order chi connectivity index (χ1) is 5.55. The Labute approximate surface area is 82.9 Å². The Morgan fingerprint density at radius 1 is 1.50 bits per heavy atom. The Bertz CT molecular complexity index is 327. The van der Waals surface area contributed by atoms with Crippen LogP contribution in [0, 0.1) is 11.3 Å². The number of nitriles is 1. The second-order valence-electron chi connectivity index (χ2n) is 2.16. The molecule has 1 aromatic carbocycles. The lowest BCUT2D eigenvalue weighted by Gasteiger charge is -2.10. The molecule has 0 spiro atoms. The van der Waals surface area contributed by atoms with Gasteiger partial charge in [0.1, 0.15) is 0 Å². The molecular formula is C8H4BrClFN. The third-order valence-corrected chi connectivity index (χ3v) is 1.98. The van der Waals surface area contributed by atoms with Gasteiger partial charge in [-0.15, -0.1) is 0 Å². The van der Waals surface area contributed by atoms with E-state index in [9.17, 15) is 4.39 Å². The van der Waals surface area contributed by atoms with Gasteiger partial charge < -0.3 is 0 Å². The van der Waals surface area contributed by atoms with Crippen molar-refractivity contribution in [3.05, 3.63) is 35.4 Å². The molecule has 0 saturated heterocycles. The first-order valence-electron chi connectivity index (χ1n) is 3.12. The average Bonchev–Trinajstić information content (AvgIpc) is 2.03. The minimum atomic E-state index is -2.15. The molecule has 0 saturated carbocycles. The summed E-state index contributed by atoms with van der Waals surface area (Å²) in [5, 5.41) is 8.59. The largest absolute Gasteiger partial charge is 0.264 e. The second-order valence-corrected chi connectivity index (χ2v) is 4.23. The first-order valence-corrected chi connectivity index (χ1v) is 4.29. The van der Waals surface area contributed by atoms with Crippen LogP contribution in [-0.4, -0.2) is 0 Å². The van der Waals surface area contributed by atoms with Crippen LogP contribution >= 0.6 is 27.5 Å². The molecule has 0 aliphatic heterocycles. The van der Waals surface area contributed by atoms with Crippen molar-refractivity contribution in [3.8, 4) is 6.07 Å². The molecule has 1 nitrogen and oxygen atoms in total. The van der Waals surface area contributed by atoms with Gasteiger partial charge in [-0.1, -0.05) is 29.8 Å². The van der Waals surface area contributed by atoms with E-state index in [1.54, 1.807) is 12.1 Å². The Hall–Kier alpha value is -0.590. The number of rotatable bonds is 1. The highest BCUT2D eigenvalue weighted by Crippen LogP contribution is 2.38. The lowest BCUT2D eigenvalue weighted by molar-refractivity contribution is 0.424. The van der Waals surface area contributed by atoms with Gasteiger partial charge in [-0.05, 0) is 22.0 Å². The molecule has 0 aliphatic rings. The Kier molecular flexibility index (Phi) is 2.71. The van der Waals surface area contributed by atoms with Gasteiger partial charge in [0.05, 0.1) is 11.6 Å². The lowest BCUT2D eigenvalue weighted by atomic mass is 10.1. The Balaban J connectivity index is 3.26. The van der Waals surface area contributed by atoms with Gasteiger partial charge in [0.15, 0.2) is 0 Å². The number of benzene rings is 1. The van der Waals surface area contributed by atoms with E-state index in [1.807, 2.05) is 6.07 Å². The normalized spacial score (nSPS) is 14.8. The van der Waals surface area contributed by atoms with E-state index in [2.05, 4.69) is 15.9 Å². The molecule has 0 heterocycles. The van der Waals surface area contributed by atoms with E-state index in [0.29, 0.717) is 0 Å². The molecule has 0 aromatic heterocycles. The summed E-state index contributed by atoms with van der Waals surface area (Å²) in [6.45, 7) is 0. The SMILES string of the molecule is N#Cc1ccccc1C(F)(Cl)Br. The van der Waals surface area contributed by atoms with Gasteiger partial charge in [-0.25, -0.2) is 4.39 Å². The molecule has 0 fully saturated rings. The first kappa shape index (κ1) is 9.50. The van der Waals surface area contributed by atoms with Crippen LogP contribution in [0.25, 0.3) is 0 Å². The topological polar surface area (TPSA) is 23.8 Å². The molecule has 12 heavy (non-hydrogen) atoms. The Morgan fingerprint density at radius 3 is 2.50 bits per heavy atom. The molecule has 0 N–H and O–H groups in total. The van der Waals surface area contributed by atoms with Crippen LogP contribution in [0.4, 0.5) is 4.39 Å². The van der Waals surface area contributed by atoms with Crippen molar-refractivity contribution in [1.29, 1.82) is 5.26 Å². The summed E-state index contributed by atoms with van der Waals surface area (Å²) in [6.07, 6.45) is 0. The zero-order chi connectivity index (χ0) is 9.19. The second kappa shape index (κ2) is 3.42. The standard InChI is InChI=1S/C8H4BrClFN/c9-8(10,11)7-4-2-1-3-6(7)5-12/h1-4H. The van der Waals surface area contributed by atoms with Crippen LogP contribution in [0.2, 0.25) is 0 Å². The minimum Gasteiger partial charge on any atom is -0.208 e. The quantitative estimate of drug-likeness (QED) is 0.700. The van der Waals surface area contributed by atoms with E-state index < -0.39 is 4.04 Å². The molecule has 0 amide bonds. The van der Waals surface area contributed by atoms with Crippen LogP contribution in [-0.2, 0) is 4.04 Å². The van der Waals surface area contributed by atoms with Gasteiger partial charge >= 0.3 is 0 Å². The smallest absolute Gasteiger partial charge is 0.208 e. The molecule has 1 rings (SSSR count). The number of hydrogen-bond acceptors (Lipinski definition) is 1. The summed E-state index contributed by atoms with van der Waals surface area (Å²) in [5.74, 6) is 0. The molecule has 4 heteroatoms. The zero-order valence-corrected chi connectivity index (χ0v) is 8.23. The van der Waals surface area contributed by atoms with E-state index in [-0.39, 0.29) is 11.1 Å². The van der Waals surface area contributed by atoms with Crippen molar-refractivity contribution in [2.75, 3.05) is 0 Å². The molecular weight excluding hydrogens is 244 g/mol. The summed E-state index contributed by atoms with van der Waals surface area (Å²) in [6, 6.07) is 8.08. The third-order valence-electron chi connectivity index (χ3n) is 1.35. The summed E-state index contributed by atoms with van der Waals surface area (Å²) in [4.78, 5) is 0. The van der Waals surface area contributed by atoms with Crippen molar-refractivity contribution in [3.63, 3.8) is 0 Å². The monoisotopic (exact) mass is 247 g/mol. The highest BCUT2D eigenvalue weighted by molar-refractivity contribution is 9.10. The zero-order valence-electron chi connectivity index (χ0n) is 5.89. The maximum Gasteiger partial charge on any atom is 0.264 e. The number of halogens is 3. The van der Waals surface area contributed by atoms with Crippen LogP contribution in [0.15, 0.2) is 24.3 Å².